The molecule has 2 aromatic rings. The minimum Gasteiger partial charge on any atom is -0.611 e. The van der Waals surface area contributed by atoms with Gasteiger partial charge in [-0.2, -0.15) is 0 Å². The number of fused-ring (bicyclic) bond motifs is 1. The second-order valence-corrected chi connectivity index (χ2v) is 10.1. The Hall–Kier alpha value is -3.11. The summed E-state index contributed by atoms with van der Waals surface area (Å²) in [5.74, 6) is -0.879. The smallest absolute Gasteiger partial charge is 0.530 e. The Labute approximate surface area is 205 Å². The molecule has 0 radical (unpaired) electrons. The largest absolute Gasteiger partial charge is 0.611 e. The van der Waals surface area contributed by atoms with Crippen molar-refractivity contribution in [1.29, 1.82) is 0 Å². The fraction of sp³-hybridized carbons (Fsp3) is 0.480. The summed E-state index contributed by atoms with van der Waals surface area (Å²) >= 11 is 0. The Bertz CT molecular complexity index is 1050. The predicted octanol–water partition coefficient (Wildman–Crippen LogP) is 0.993. The number of aromatic nitrogens is 2. The fourth-order valence-electron chi connectivity index (χ4n) is 5.43. The lowest BCUT2D eigenvalue weighted by Gasteiger charge is -2.39. The van der Waals surface area contributed by atoms with E-state index in [0.29, 0.717) is 19.4 Å². The van der Waals surface area contributed by atoms with E-state index in [9.17, 15) is 14.4 Å². The van der Waals surface area contributed by atoms with Gasteiger partial charge in [-0.05, 0) is 37.1 Å². The van der Waals surface area contributed by atoms with Crippen LogP contribution >= 0.6 is 0 Å². The summed E-state index contributed by atoms with van der Waals surface area (Å²) in [6.45, 7) is 4.94. The molecule has 2 aliphatic rings. The second-order valence-electron chi connectivity index (χ2n) is 10.1. The third-order valence-electron chi connectivity index (χ3n) is 7.03. The van der Waals surface area contributed by atoms with Gasteiger partial charge in [0.1, 0.15) is 12.2 Å². The Morgan fingerprint density at radius 2 is 2.00 bits per heavy atom. The Kier molecular flexibility index (Phi) is 7.61. The van der Waals surface area contributed by atoms with Crippen molar-refractivity contribution in [2.45, 2.75) is 57.9 Å². The van der Waals surface area contributed by atoms with Crippen molar-refractivity contribution < 1.29 is 28.5 Å². The number of amides is 1. The van der Waals surface area contributed by atoms with Crippen molar-refractivity contribution in [1.82, 2.24) is 15.3 Å². The van der Waals surface area contributed by atoms with Crippen molar-refractivity contribution in [2.75, 3.05) is 13.2 Å². The van der Waals surface area contributed by atoms with Gasteiger partial charge in [0.25, 0.3) is 5.91 Å². The molecule has 2 unspecified atom stereocenters. The van der Waals surface area contributed by atoms with Crippen molar-refractivity contribution in [2.24, 2.45) is 5.92 Å². The van der Waals surface area contributed by atoms with Crippen LogP contribution in [0.25, 0.3) is 0 Å². The molecule has 3 heterocycles. The maximum atomic E-state index is 13.8. The molecule has 35 heavy (non-hydrogen) atoms. The third-order valence-corrected chi connectivity index (χ3v) is 7.03. The number of nitrogens with zero attached hydrogens (tertiary/aromatic N) is 2. The van der Waals surface area contributed by atoms with Crippen LogP contribution in [0.2, 0.25) is 5.82 Å². The fourth-order valence-corrected chi connectivity index (χ4v) is 5.43. The average Bonchev–Trinajstić information content (AvgIpc) is 3.34. The maximum absolute atomic E-state index is 13.8. The molecule has 1 amide bonds. The molecule has 1 aromatic carbocycles. The Balaban J connectivity index is 1.58. The highest BCUT2D eigenvalue weighted by atomic mass is 16.7. The summed E-state index contributed by atoms with van der Waals surface area (Å²) in [5, 5.41) is 2.87. The van der Waals surface area contributed by atoms with E-state index in [4.69, 9.17) is 9.31 Å². The molecule has 4 rings (SSSR count). The topological polar surface area (TPSA) is 112 Å². The van der Waals surface area contributed by atoms with E-state index in [0.717, 1.165) is 10.4 Å². The highest BCUT2D eigenvalue weighted by Gasteiger charge is 2.61. The minimum atomic E-state index is -1.99. The van der Waals surface area contributed by atoms with E-state index >= 15 is 0 Å². The van der Waals surface area contributed by atoms with Gasteiger partial charge in [0.05, 0.1) is 24.9 Å². The van der Waals surface area contributed by atoms with Gasteiger partial charge in [-0.25, -0.2) is 4.98 Å². The van der Waals surface area contributed by atoms with Crippen molar-refractivity contribution in [3.05, 3.63) is 60.2 Å². The first-order chi connectivity index (χ1) is 16.8. The summed E-state index contributed by atoms with van der Waals surface area (Å²) in [6, 6.07) is 8.90. The van der Waals surface area contributed by atoms with Crippen LogP contribution in [0.5, 0.6) is 0 Å². The van der Waals surface area contributed by atoms with Gasteiger partial charge >= 0.3 is 12.7 Å². The van der Waals surface area contributed by atoms with E-state index in [-0.39, 0.29) is 48.2 Å². The lowest BCUT2D eigenvalue weighted by molar-refractivity contribution is -0.807. The van der Waals surface area contributed by atoms with E-state index in [1.165, 1.54) is 18.6 Å². The molecule has 2 fully saturated rings. The molecule has 2 N–H and O–H groups in total. The number of carbonyl (C=O) groups excluding carboxylic acids is 3. The van der Waals surface area contributed by atoms with Gasteiger partial charge < -0.3 is 19.4 Å². The van der Waals surface area contributed by atoms with Crippen molar-refractivity contribution in [3.8, 4) is 0 Å². The second kappa shape index (κ2) is 10.7. The van der Waals surface area contributed by atoms with Gasteiger partial charge in [-0.15, -0.1) is 0 Å². The summed E-state index contributed by atoms with van der Waals surface area (Å²) in [4.78, 5) is 47.9. The van der Waals surface area contributed by atoms with Crippen LogP contribution in [0.4, 0.5) is 0 Å². The molecule has 0 aliphatic carbocycles. The predicted molar refractivity (Wildman–Crippen MR) is 129 cm³/mol. The van der Waals surface area contributed by atoms with E-state index < -0.39 is 18.6 Å². The SMILES string of the molecule is CC(C)C[C@H](CC(=O)[C@H](Cc1ccccc1)NC(=O)c1cnccn1)[B-]12OC[C@@H](C)[NH+]1CC(=O)O2. The number of Topliss-reactive ketones (excluding diaryl/α,β-unsaturated/α-hetero) is 1. The number of rotatable bonds is 10. The zero-order valence-corrected chi connectivity index (χ0v) is 20.5. The standard InChI is InChI=1S/C25H33BN4O5/c1-17(2)11-20(26-30(15-24(32)35-26)18(3)16-34-26)13-23(31)21(12-19-7-5-4-6-8-19)29-25(33)22-14-27-9-10-28-22/h4-10,14,17-18,20-21,30H,11-13,15-16H2,1-3H3,(H,29,33)/t18-,20-,21+,26?/m1/s1. The molecule has 2 saturated heterocycles. The Morgan fingerprint density at radius 1 is 1.23 bits per heavy atom. The van der Waals surface area contributed by atoms with E-state index in [2.05, 4.69) is 29.1 Å². The van der Waals surface area contributed by atoms with Crippen LogP contribution in [0.1, 0.15) is 49.7 Å². The molecule has 10 heteroatoms. The zero-order chi connectivity index (χ0) is 25.0. The first-order valence-electron chi connectivity index (χ1n) is 12.3. The summed E-state index contributed by atoms with van der Waals surface area (Å²) in [6.07, 6.45) is 5.45. The molecule has 186 valence electrons. The molecule has 2 aliphatic heterocycles. The van der Waals surface area contributed by atoms with Crippen LogP contribution in [-0.2, 0) is 25.3 Å². The molecular formula is C25H33BN4O5. The van der Waals surface area contributed by atoms with Crippen LogP contribution in [0.15, 0.2) is 48.9 Å². The molecule has 5 atom stereocenters. The molecular weight excluding hydrogens is 447 g/mol. The third kappa shape index (κ3) is 5.60. The van der Waals surface area contributed by atoms with Crippen LogP contribution in [-0.4, -0.2) is 59.5 Å². The van der Waals surface area contributed by atoms with E-state index in [1.807, 2.05) is 37.3 Å². The van der Waals surface area contributed by atoms with E-state index in [1.54, 1.807) is 0 Å². The lowest BCUT2D eigenvalue weighted by atomic mass is 9.53. The number of quaternary nitrogens is 1. The van der Waals surface area contributed by atoms with Gasteiger partial charge in [-0.1, -0.05) is 50.6 Å². The number of ketones is 1. The molecule has 0 saturated carbocycles. The number of hydrogen-bond acceptors (Lipinski definition) is 7. The first kappa shape index (κ1) is 25.0. The van der Waals surface area contributed by atoms with Gasteiger partial charge in [0.2, 0.25) is 0 Å². The van der Waals surface area contributed by atoms with Gasteiger partial charge in [0.15, 0.2) is 5.78 Å². The summed E-state index contributed by atoms with van der Waals surface area (Å²) in [7, 11) is 0. The van der Waals surface area contributed by atoms with Gasteiger partial charge in [-0.3, -0.25) is 19.4 Å². The van der Waals surface area contributed by atoms with Crippen LogP contribution < -0.4 is 10.1 Å². The summed E-state index contributed by atoms with van der Waals surface area (Å²) in [5.41, 5.74) is 1.08. The number of nitrogens with one attached hydrogen (secondary N) is 2. The number of hydrogen-bond donors (Lipinski definition) is 2. The lowest BCUT2D eigenvalue weighted by Crippen LogP contribution is -3.22. The molecule has 1 aromatic heterocycles. The minimum absolute atomic E-state index is 0.114. The number of carbonyl (C=O) groups is 3. The van der Waals surface area contributed by atoms with Crippen LogP contribution in [0.3, 0.4) is 0 Å². The van der Waals surface area contributed by atoms with Gasteiger partial charge in [0, 0.05) is 12.4 Å². The Morgan fingerprint density at radius 3 is 2.69 bits per heavy atom. The first-order valence-corrected chi connectivity index (χ1v) is 12.3. The number of benzene rings is 1. The highest BCUT2D eigenvalue weighted by molar-refractivity contribution is 6.64. The monoisotopic (exact) mass is 480 g/mol. The quantitative estimate of drug-likeness (QED) is 0.488. The van der Waals surface area contributed by atoms with Crippen molar-refractivity contribution in [3.63, 3.8) is 0 Å². The normalized spacial score (nSPS) is 25.1. The molecule has 0 spiro atoms. The van der Waals surface area contributed by atoms with Crippen LogP contribution in [0, 0.1) is 5.92 Å². The maximum Gasteiger partial charge on any atom is 0.530 e. The van der Waals surface area contributed by atoms with Crippen molar-refractivity contribution >= 4 is 24.3 Å². The molecule has 9 nitrogen and oxygen atoms in total. The molecule has 0 bridgehead atoms. The summed E-state index contributed by atoms with van der Waals surface area (Å²) < 4.78 is 12.0. The zero-order valence-electron chi connectivity index (χ0n) is 20.5. The average molecular weight is 480 g/mol. The highest BCUT2D eigenvalue weighted by Crippen LogP contribution is 2.35.